The number of ketones is 1. The van der Waals surface area contributed by atoms with Crippen molar-refractivity contribution < 1.29 is 9.21 Å². The van der Waals surface area contributed by atoms with Crippen LogP contribution in [0.1, 0.15) is 15.2 Å². The maximum Gasteiger partial charge on any atom is 0.203 e. The number of Topliss-reactive ketones (excluding diaryl/α,β-unsaturated/α-hetero) is 1. The summed E-state index contributed by atoms with van der Waals surface area (Å²) in [5.74, 6) is -0.0851. The Hall–Kier alpha value is -0.770. The highest BCUT2D eigenvalue weighted by Crippen LogP contribution is 2.25. The van der Waals surface area contributed by atoms with Crippen LogP contribution in [0.15, 0.2) is 28.2 Å². The zero-order valence-corrected chi connectivity index (χ0v) is 9.83. The van der Waals surface area contributed by atoms with E-state index in [0.717, 1.165) is 4.88 Å². The van der Waals surface area contributed by atoms with Gasteiger partial charge in [-0.3, -0.25) is 4.79 Å². The molecule has 0 saturated carbocycles. The summed E-state index contributed by atoms with van der Waals surface area (Å²) in [7, 11) is 0. The summed E-state index contributed by atoms with van der Waals surface area (Å²) >= 11 is 13.0. The third kappa shape index (κ3) is 2.25. The lowest BCUT2D eigenvalue weighted by atomic mass is 10.1. The Morgan fingerprint density at radius 3 is 2.73 bits per heavy atom. The fourth-order valence-corrected chi connectivity index (χ4v) is 2.51. The molecular formula is C10H6Cl2O2S. The van der Waals surface area contributed by atoms with E-state index in [1.54, 1.807) is 12.1 Å². The molecule has 0 N–H and O–H groups in total. The maximum absolute atomic E-state index is 11.7. The second-order valence-electron chi connectivity index (χ2n) is 2.90. The van der Waals surface area contributed by atoms with Gasteiger partial charge in [-0.25, -0.2) is 0 Å². The smallest absolute Gasteiger partial charge is 0.203 e. The number of hydrogen-bond acceptors (Lipinski definition) is 3. The van der Waals surface area contributed by atoms with E-state index in [1.165, 1.54) is 17.6 Å². The van der Waals surface area contributed by atoms with Gasteiger partial charge in [-0.05, 0) is 29.1 Å². The Labute approximate surface area is 100 Å². The second kappa shape index (κ2) is 4.39. The van der Waals surface area contributed by atoms with Crippen molar-refractivity contribution in [1.29, 1.82) is 0 Å². The van der Waals surface area contributed by atoms with Crippen LogP contribution >= 0.6 is 34.5 Å². The van der Waals surface area contributed by atoms with Crippen LogP contribution in [0.3, 0.4) is 0 Å². The van der Waals surface area contributed by atoms with Crippen molar-refractivity contribution in [2.45, 2.75) is 6.42 Å². The monoisotopic (exact) mass is 260 g/mol. The van der Waals surface area contributed by atoms with E-state index < -0.39 is 0 Å². The van der Waals surface area contributed by atoms with Gasteiger partial charge >= 0.3 is 0 Å². The van der Waals surface area contributed by atoms with Crippen LogP contribution in [-0.2, 0) is 6.42 Å². The van der Waals surface area contributed by atoms with Gasteiger partial charge in [0.05, 0.1) is 16.8 Å². The number of hydrogen-bond donors (Lipinski definition) is 0. The summed E-state index contributed by atoms with van der Waals surface area (Å²) in [6, 6.07) is 3.33. The molecule has 0 saturated heterocycles. The number of halogens is 2. The van der Waals surface area contributed by atoms with Crippen LogP contribution in [0.2, 0.25) is 10.2 Å². The number of thiophene rings is 1. The highest BCUT2D eigenvalue weighted by Gasteiger charge is 2.15. The lowest BCUT2D eigenvalue weighted by Gasteiger charge is -1.96. The van der Waals surface area contributed by atoms with Gasteiger partial charge in [0.2, 0.25) is 5.22 Å². The lowest BCUT2D eigenvalue weighted by Crippen LogP contribution is -2.01. The first kappa shape index (κ1) is 10.7. The third-order valence-electron chi connectivity index (χ3n) is 1.93. The van der Waals surface area contributed by atoms with E-state index in [9.17, 15) is 4.79 Å². The van der Waals surface area contributed by atoms with Crippen LogP contribution < -0.4 is 0 Å². The normalized spacial score (nSPS) is 10.5. The molecule has 2 nitrogen and oxygen atoms in total. The largest absolute Gasteiger partial charge is 0.452 e. The molecule has 0 aliphatic rings. The van der Waals surface area contributed by atoms with Crippen molar-refractivity contribution in [3.63, 3.8) is 0 Å². The summed E-state index contributed by atoms with van der Waals surface area (Å²) in [5.41, 5.74) is 0.404. The summed E-state index contributed by atoms with van der Waals surface area (Å²) < 4.78 is 4.85. The fraction of sp³-hybridized carbons (Fsp3) is 0.100. The zero-order chi connectivity index (χ0) is 10.8. The van der Waals surface area contributed by atoms with Crippen LogP contribution in [0, 0.1) is 0 Å². The molecule has 2 rings (SSSR count). The topological polar surface area (TPSA) is 30.2 Å². The molecule has 0 spiro atoms. The number of rotatable bonds is 3. The predicted octanol–water partition coefficient (Wildman–Crippen LogP) is 4.07. The van der Waals surface area contributed by atoms with Crippen LogP contribution in [0.5, 0.6) is 0 Å². The molecule has 0 atom stereocenters. The Morgan fingerprint density at radius 1 is 1.40 bits per heavy atom. The second-order valence-corrected chi connectivity index (χ2v) is 4.65. The quantitative estimate of drug-likeness (QED) is 0.779. The van der Waals surface area contributed by atoms with Crippen molar-refractivity contribution in [2.75, 3.05) is 0 Å². The molecule has 2 heterocycles. The Balaban J connectivity index is 2.18. The van der Waals surface area contributed by atoms with Gasteiger partial charge in [-0.2, -0.15) is 0 Å². The lowest BCUT2D eigenvalue weighted by molar-refractivity contribution is 0.0993. The van der Waals surface area contributed by atoms with Gasteiger partial charge in [-0.1, -0.05) is 11.6 Å². The number of carbonyl (C=O) groups is 1. The first-order chi connectivity index (χ1) is 7.18. The molecule has 0 bridgehead atoms. The Morgan fingerprint density at radius 2 is 2.20 bits per heavy atom. The maximum atomic E-state index is 11.7. The molecule has 5 heteroatoms. The number of carbonyl (C=O) groups excluding carboxylic acids is 1. The van der Waals surface area contributed by atoms with Gasteiger partial charge in [-0.15, -0.1) is 11.3 Å². The van der Waals surface area contributed by atoms with Gasteiger partial charge < -0.3 is 4.42 Å². The van der Waals surface area contributed by atoms with E-state index in [0.29, 0.717) is 10.6 Å². The molecule has 0 aromatic carbocycles. The molecule has 0 amide bonds. The van der Waals surface area contributed by atoms with Gasteiger partial charge in [0.1, 0.15) is 0 Å². The number of furan rings is 1. The Bertz CT molecular complexity index is 487. The highest BCUT2D eigenvalue weighted by atomic mass is 35.5. The molecule has 0 aliphatic carbocycles. The molecule has 15 heavy (non-hydrogen) atoms. The van der Waals surface area contributed by atoms with E-state index in [2.05, 4.69) is 0 Å². The van der Waals surface area contributed by atoms with E-state index in [-0.39, 0.29) is 17.4 Å². The molecule has 2 aromatic heterocycles. The molecule has 0 aliphatic heterocycles. The van der Waals surface area contributed by atoms with Crippen molar-refractivity contribution >= 4 is 40.3 Å². The van der Waals surface area contributed by atoms with Gasteiger partial charge in [0.15, 0.2) is 5.78 Å². The van der Waals surface area contributed by atoms with E-state index >= 15 is 0 Å². The minimum absolute atomic E-state index is 0.0851. The fourth-order valence-electron chi connectivity index (χ4n) is 1.19. The average Bonchev–Trinajstić information content (AvgIpc) is 2.76. The minimum atomic E-state index is -0.0851. The third-order valence-corrected chi connectivity index (χ3v) is 3.61. The summed E-state index contributed by atoms with van der Waals surface area (Å²) in [5, 5.41) is 2.60. The standard InChI is InChI=1S/C10H6Cl2O2S/c11-7-2-4-15-9(7)5-8(13)6-1-3-14-10(6)12/h1-4H,5H2. The van der Waals surface area contributed by atoms with Crippen LogP contribution in [0.25, 0.3) is 0 Å². The highest BCUT2D eigenvalue weighted by molar-refractivity contribution is 7.10. The summed E-state index contributed by atoms with van der Waals surface area (Å²) in [4.78, 5) is 12.6. The van der Waals surface area contributed by atoms with Crippen molar-refractivity contribution in [3.8, 4) is 0 Å². The molecule has 78 valence electrons. The van der Waals surface area contributed by atoms with Crippen LogP contribution in [0.4, 0.5) is 0 Å². The van der Waals surface area contributed by atoms with Crippen molar-refractivity contribution in [1.82, 2.24) is 0 Å². The molecule has 0 fully saturated rings. The van der Waals surface area contributed by atoms with E-state index in [1.807, 2.05) is 5.38 Å². The first-order valence-corrected chi connectivity index (χ1v) is 5.80. The van der Waals surface area contributed by atoms with Gasteiger partial charge in [0.25, 0.3) is 0 Å². The molecule has 0 unspecified atom stereocenters. The molecule has 0 radical (unpaired) electrons. The van der Waals surface area contributed by atoms with Crippen molar-refractivity contribution in [2.24, 2.45) is 0 Å². The molecular weight excluding hydrogens is 255 g/mol. The summed E-state index contributed by atoms with van der Waals surface area (Å²) in [6.45, 7) is 0. The van der Waals surface area contributed by atoms with E-state index in [4.69, 9.17) is 27.6 Å². The van der Waals surface area contributed by atoms with Gasteiger partial charge in [0, 0.05) is 11.3 Å². The SMILES string of the molecule is O=C(Cc1sccc1Cl)c1ccoc1Cl. The average molecular weight is 261 g/mol. The minimum Gasteiger partial charge on any atom is -0.452 e. The Kier molecular flexibility index (Phi) is 3.14. The summed E-state index contributed by atoms with van der Waals surface area (Å²) in [6.07, 6.45) is 1.65. The van der Waals surface area contributed by atoms with Crippen molar-refractivity contribution in [3.05, 3.63) is 44.5 Å². The van der Waals surface area contributed by atoms with Crippen LogP contribution in [-0.4, -0.2) is 5.78 Å². The first-order valence-electron chi connectivity index (χ1n) is 4.16. The predicted molar refractivity (Wildman–Crippen MR) is 61.1 cm³/mol. The zero-order valence-electron chi connectivity index (χ0n) is 7.50. The molecule has 2 aromatic rings.